The zero-order valence-electron chi connectivity index (χ0n) is 13.2. The van der Waals surface area contributed by atoms with Gasteiger partial charge in [-0.2, -0.15) is 0 Å². The summed E-state index contributed by atoms with van der Waals surface area (Å²) in [6.45, 7) is 2.23. The van der Waals surface area contributed by atoms with Gasteiger partial charge in [-0.05, 0) is 37.3 Å². The Hall–Kier alpha value is -2.36. The van der Waals surface area contributed by atoms with E-state index in [1.807, 2.05) is 6.92 Å². The molecule has 0 heterocycles. The van der Waals surface area contributed by atoms with Crippen LogP contribution in [0.3, 0.4) is 0 Å². The van der Waals surface area contributed by atoms with Crippen LogP contribution in [0.25, 0.3) is 0 Å². The summed E-state index contributed by atoms with van der Waals surface area (Å²) >= 11 is 0. The van der Waals surface area contributed by atoms with Gasteiger partial charge in [-0.15, -0.1) is 0 Å². The van der Waals surface area contributed by atoms with Crippen molar-refractivity contribution in [1.82, 2.24) is 10.6 Å². The Balaban J connectivity index is 1.61. The number of rotatable bonds is 5. The standard InChI is InChI=1S/C19H21FN2O/c1-13-6-8-14(9-7-13)18(15-10-11-15)22-19(23)21-12-16-4-2-3-5-17(16)20/h2-9,15,18H,10-12H2,1H3,(H2,21,22,23)/t18-/m0/s1. The van der Waals surface area contributed by atoms with Crippen molar-refractivity contribution < 1.29 is 9.18 Å². The van der Waals surface area contributed by atoms with E-state index in [2.05, 4.69) is 34.9 Å². The van der Waals surface area contributed by atoms with E-state index in [0.29, 0.717) is 11.5 Å². The second kappa shape index (κ2) is 6.82. The van der Waals surface area contributed by atoms with Gasteiger partial charge in [-0.1, -0.05) is 48.0 Å². The zero-order chi connectivity index (χ0) is 16.2. The van der Waals surface area contributed by atoms with Gasteiger partial charge in [0.05, 0.1) is 6.04 Å². The van der Waals surface area contributed by atoms with E-state index in [4.69, 9.17) is 0 Å². The third-order valence-corrected chi connectivity index (χ3v) is 4.21. The molecular weight excluding hydrogens is 291 g/mol. The molecule has 1 saturated carbocycles. The lowest BCUT2D eigenvalue weighted by atomic mass is 10.0. The summed E-state index contributed by atoms with van der Waals surface area (Å²) in [6.07, 6.45) is 2.26. The summed E-state index contributed by atoms with van der Waals surface area (Å²) in [5, 5.41) is 5.78. The quantitative estimate of drug-likeness (QED) is 0.858. The molecule has 2 N–H and O–H groups in total. The van der Waals surface area contributed by atoms with Crippen LogP contribution in [0.15, 0.2) is 48.5 Å². The fourth-order valence-electron chi connectivity index (χ4n) is 2.69. The summed E-state index contributed by atoms with van der Waals surface area (Å²) in [5.41, 5.74) is 2.81. The highest BCUT2D eigenvalue weighted by Gasteiger charge is 2.33. The molecule has 120 valence electrons. The molecule has 2 amide bonds. The number of nitrogens with one attached hydrogen (secondary N) is 2. The molecule has 0 aromatic heterocycles. The average molecular weight is 312 g/mol. The Labute approximate surface area is 135 Å². The normalized spacial score (nSPS) is 15.0. The number of aryl methyl sites for hydroxylation is 1. The highest BCUT2D eigenvalue weighted by atomic mass is 19.1. The second-order valence-electron chi connectivity index (χ2n) is 6.14. The van der Waals surface area contributed by atoms with Crippen LogP contribution in [0.5, 0.6) is 0 Å². The summed E-state index contributed by atoms with van der Waals surface area (Å²) in [4.78, 5) is 12.2. The molecule has 0 spiro atoms. The Morgan fingerprint density at radius 1 is 1.17 bits per heavy atom. The molecule has 0 unspecified atom stereocenters. The van der Waals surface area contributed by atoms with Crippen LogP contribution in [0, 0.1) is 18.7 Å². The SMILES string of the molecule is Cc1ccc([C@H](NC(=O)NCc2ccccc2F)C2CC2)cc1. The number of benzene rings is 2. The van der Waals surface area contributed by atoms with E-state index in [1.54, 1.807) is 18.2 Å². The maximum absolute atomic E-state index is 13.6. The molecule has 1 atom stereocenters. The highest BCUT2D eigenvalue weighted by molar-refractivity contribution is 5.74. The zero-order valence-corrected chi connectivity index (χ0v) is 13.2. The summed E-state index contributed by atoms with van der Waals surface area (Å²) in [6, 6.07) is 14.5. The molecule has 3 nitrogen and oxygen atoms in total. The molecule has 23 heavy (non-hydrogen) atoms. The summed E-state index contributed by atoms with van der Waals surface area (Å²) in [7, 11) is 0. The van der Waals surface area contributed by atoms with Crippen LogP contribution < -0.4 is 10.6 Å². The van der Waals surface area contributed by atoms with E-state index >= 15 is 0 Å². The molecule has 3 rings (SSSR count). The first-order valence-corrected chi connectivity index (χ1v) is 7.98. The molecule has 0 bridgehead atoms. The van der Waals surface area contributed by atoms with Gasteiger partial charge in [-0.3, -0.25) is 0 Å². The predicted octanol–water partition coefficient (Wildman–Crippen LogP) is 4.08. The van der Waals surface area contributed by atoms with E-state index in [9.17, 15) is 9.18 Å². The second-order valence-corrected chi connectivity index (χ2v) is 6.14. The van der Waals surface area contributed by atoms with Crippen molar-refractivity contribution in [2.45, 2.75) is 32.4 Å². The van der Waals surface area contributed by atoms with Crippen LogP contribution >= 0.6 is 0 Å². The van der Waals surface area contributed by atoms with Crippen molar-refractivity contribution in [3.8, 4) is 0 Å². The fourth-order valence-corrected chi connectivity index (χ4v) is 2.69. The largest absolute Gasteiger partial charge is 0.334 e. The number of hydrogen-bond donors (Lipinski definition) is 2. The van der Waals surface area contributed by atoms with Gasteiger partial charge >= 0.3 is 6.03 Å². The van der Waals surface area contributed by atoms with Crippen molar-refractivity contribution in [3.63, 3.8) is 0 Å². The predicted molar refractivity (Wildman–Crippen MR) is 88.4 cm³/mol. The maximum Gasteiger partial charge on any atom is 0.315 e. The van der Waals surface area contributed by atoms with Crippen LogP contribution in [0.4, 0.5) is 9.18 Å². The average Bonchev–Trinajstić information content (AvgIpc) is 3.38. The highest BCUT2D eigenvalue weighted by Crippen LogP contribution is 2.40. The van der Waals surface area contributed by atoms with Gasteiger partial charge in [0.25, 0.3) is 0 Å². The Morgan fingerprint density at radius 3 is 2.52 bits per heavy atom. The molecule has 1 aliphatic rings. The van der Waals surface area contributed by atoms with E-state index in [1.165, 1.54) is 11.6 Å². The number of hydrogen-bond acceptors (Lipinski definition) is 1. The number of amides is 2. The van der Waals surface area contributed by atoms with E-state index in [0.717, 1.165) is 18.4 Å². The van der Waals surface area contributed by atoms with E-state index < -0.39 is 0 Å². The summed E-state index contributed by atoms with van der Waals surface area (Å²) in [5.74, 6) is 0.196. The minimum Gasteiger partial charge on any atom is -0.334 e. The van der Waals surface area contributed by atoms with Crippen LogP contribution in [-0.2, 0) is 6.54 Å². The van der Waals surface area contributed by atoms with Crippen LogP contribution in [0.2, 0.25) is 0 Å². The first-order valence-electron chi connectivity index (χ1n) is 7.98. The Morgan fingerprint density at radius 2 is 1.87 bits per heavy atom. The van der Waals surface area contributed by atoms with Gasteiger partial charge in [0.2, 0.25) is 0 Å². The topological polar surface area (TPSA) is 41.1 Å². The van der Waals surface area contributed by atoms with Crippen molar-refractivity contribution >= 4 is 6.03 Å². The van der Waals surface area contributed by atoms with Crippen LogP contribution in [-0.4, -0.2) is 6.03 Å². The third-order valence-electron chi connectivity index (χ3n) is 4.21. The van der Waals surface area contributed by atoms with Crippen molar-refractivity contribution in [2.24, 2.45) is 5.92 Å². The molecule has 2 aromatic carbocycles. The van der Waals surface area contributed by atoms with E-state index in [-0.39, 0.29) is 24.4 Å². The molecule has 1 aliphatic carbocycles. The number of carbonyl (C=O) groups excluding carboxylic acids is 1. The number of halogens is 1. The lowest BCUT2D eigenvalue weighted by Crippen LogP contribution is -2.38. The number of urea groups is 1. The smallest absolute Gasteiger partial charge is 0.315 e. The van der Waals surface area contributed by atoms with Gasteiger partial charge < -0.3 is 10.6 Å². The lowest BCUT2D eigenvalue weighted by molar-refractivity contribution is 0.235. The first-order chi connectivity index (χ1) is 11.1. The Kier molecular flexibility index (Phi) is 4.60. The first kappa shape index (κ1) is 15.5. The van der Waals surface area contributed by atoms with Gasteiger partial charge in [0, 0.05) is 12.1 Å². The molecular formula is C19H21FN2O. The minimum atomic E-state index is -0.301. The molecule has 2 aromatic rings. The monoisotopic (exact) mass is 312 g/mol. The fraction of sp³-hybridized carbons (Fsp3) is 0.316. The third kappa shape index (κ3) is 4.09. The lowest BCUT2D eigenvalue weighted by Gasteiger charge is -2.19. The number of carbonyl (C=O) groups is 1. The molecule has 1 fully saturated rings. The van der Waals surface area contributed by atoms with Crippen molar-refractivity contribution in [2.75, 3.05) is 0 Å². The maximum atomic E-state index is 13.6. The Bertz CT molecular complexity index is 680. The molecule has 0 aliphatic heterocycles. The van der Waals surface area contributed by atoms with Gasteiger partial charge in [0.1, 0.15) is 5.82 Å². The van der Waals surface area contributed by atoms with Crippen molar-refractivity contribution in [3.05, 3.63) is 71.0 Å². The molecule has 0 saturated heterocycles. The van der Waals surface area contributed by atoms with Gasteiger partial charge in [0.15, 0.2) is 0 Å². The molecule has 4 heteroatoms. The molecule has 0 radical (unpaired) electrons. The van der Waals surface area contributed by atoms with Gasteiger partial charge in [-0.25, -0.2) is 9.18 Å². The van der Waals surface area contributed by atoms with Crippen molar-refractivity contribution in [1.29, 1.82) is 0 Å². The minimum absolute atomic E-state index is 0.0243. The van der Waals surface area contributed by atoms with Crippen LogP contribution in [0.1, 0.15) is 35.6 Å². The summed E-state index contributed by atoms with van der Waals surface area (Å²) < 4.78 is 13.6.